The Bertz CT molecular complexity index is 631. The van der Waals surface area contributed by atoms with Gasteiger partial charge in [-0.1, -0.05) is 6.92 Å². The highest BCUT2D eigenvalue weighted by molar-refractivity contribution is 5.95. The first-order valence-corrected chi connectivity index (χ1v) is 6.42. The van der Waals surface area contributed by atoms with Gasteiger partial charge in [-0.3, -0.25) is 19.7 Å². The molecule has 1 amide bonds. The van der Waals surface area contributed by atoms with E-state index in [0.29, 0.717) is 6.07 Å². The molecule has 0 aliphatic heterocycles. The summed E-state index contributed by atoms with van der Waals surface area (Å²) in [6.45, 7) is 2.69. The molecular weight excluding hydrogens is 321 g/mol. The second-order valence-electron chi connectivity index (χ2n) is 4.46. The zero-order chi connectivity index (χ0) is 17.8. The molecule has 0 saturated heterocycles. The highest BCUT2D eigenvalue weighted by Gasteiger charge is 2.36. The second-order valence-corrected chi connectivity index (χ2v) is 4.46. The van der Waals surface area contributed by atoms with Crippen LogP contribution in [0.5, 0.6) is 0 Å². The number of alkyl halides is 3. The number of hydrogen-bond acceptors (Lipinski definition) is 5. The van der Waals surface area contributed by atoms with Gasteiger partial charge in [0.05, 0.1) is 16.2 Å². The first-order chi connectivity index (χ1) is 10.6. The molecule has 0 saturated carbocycles. The Balaban J connectivity index is 3.06. The predicted molar refractivity (Wildman–Crippen MR) is 72.6 cm³/mol. The van der Waals surface area contributed by atoms with Gasteiger partial charge in [0.2, 0.25) is 0 Å². The third kappa shape index (κ3) is 4.94. The number of amides is 1. The summed E-state index contributed by atoms with van der Waals surface area (Å²) in [6.07, 6.45) is -6.21. The molecular formula is C13H13F3N2O5. The Hall–Kier alpha value is -2.65. The Morgan fingerprint density at radius 2 is 2.00 bits per heavy atom. The van der Waals surface area contributed by atoms with Crippen LogP contribution in [0.25, 0.3) is 0 Å². The predicted octanol–water partition coefficient (Wildman–Crippen LogP) is 2.89. The largest absolute Gasteiger partial charge is 0.453 e. The molecule has 0 radical (unpaired) electrons. The van der Waals surface area contributed by atoms with E-state index in [9.17, 15) is 32.9 Å². The van der Waals surface area contributed by atoms with Crippen molar-refractivity contribution in [3.8, 4) is 0 Å². The topological polar surface area (TPSA) is 98.5 Å². The van der Waals surface area contributed by atoms with Crippen LogP contribution < -0.4 is 5.32 Å². The lowest BCUT2D eigenvalue weighted by Crippen LogP contribution is -2.30. The van der Waals surface area contributed by atoms with E-state index in [2.05, 4.69) is 4.74 Å². The number of halogens is 3. The highest BCUT2D eigenvalue weighted by atomic mass is 19.4. The van der Waals surface area contributed by atoms with Crippen LogP contribution in [-0.4, -0.2) is 22.9 Å². The van der Waals surface area contributed by atoms with Crippen molar-refractivity contribution in [2.75, 3.05) is 5.32 Å². The van der Waals surface area contributed by atoms with E-state index in [1.807, 2.05) is 5.32 Å². The minimum atomic E-state index is -4.90. The van der Waals surface area contributed by atoms with Gasteiger partial charge in [-0.25, -0.2) is 0 Å². The summed E-state index contributed by atoms with van der Waals surface area (Å²) in [4.78, 5) is 32.4. The Morgan fingerprint density at radius 3 is 2.48 bits per heavy atom. The number of hydrogen-bond donors (Lipinski definition) is 1. The summed E-state index contributed by atoms with van der Waals surface area (Å²) in [7, 11) is 0. The zero-order valence-electron chi connectivity index (χ0n) is 12.1. The average molecular weight is 334 g/mol. The smallest absolute Gasteiger partial charge is 0.418 e. The molecule has 0 spiro atoms. The van der Waals surface area contributed by atoms with E-state index < -0.39 is 46.0 Å². The number of nitro benzene ring substituents is 1. The van der Waals surface area contributed by atoms with E-state index in [1.165, 1.54) is 13.8 Å². The molecule has 0 aliphatic carbocycles. The van der Waals surface area contributed by atoms with Gasteiger partial charge >= 0.3 is 12.1 Å². The molecule has 0 aliphatic rings. The summed E-state index contributed by atoms with van der Waals surface area (Å²) in [5, 5.41) is 12.5. The number of carbonyl (C=O) groups is 2. The SMILES string of the molecule is CCC(=O)O[C@H](C)C(=O)Nc1ccc([N+](=O)[O-])cc1C(F)(F)F. The molecule has 1 N–H and O–H groups in total. The standard InChI is InChI=1S/C13H13F3N2O5/c1-3-11(19)23-7(2)12(20)17-10-5-4-8(18(21)22)6-9(10)13(14,15)16/h4-7H,3H2,1-2H3,(H,17,20)/t7-/m1/s1. The highest BCUT2D eigenvalue weighted by Crippen LogP contribution is 2.37. The lowest BCUT2D eigenvalue weighted by molar-refractivity contribution is -0.385. The number of nitro groups is 1. The third-order valence-corrected chi connectivity index (χ3v) is 2.74. The molecule has 0 fully saturated rings. The van der Waals surface area contributed by atoms with Gasteiger partial charge in [0, 0.05) is 18.6 Å². The third-order valence-electron chi connectivity index (χ3n) is 2.74. The maximum absolute atomic E-state index is 12.9. The van der Waals surface area contributed by atoms with Gasteiger partial charge in [0.15, 0.2) is 6.10 Å². The van der Waals surface area contributed by atoms with Gasteiger partial charge in [0.25, 0.3) is 11.6 Å². The average Bonchev–Trinajstić information content (AvgIpc) is 2.45. The van der Waals surface area contributed by atoms with Crippen molar-refractivity contribution in [2.45, 2.75) is 32.5 Å². The van der Waals surface area contributed by atoms with Gasteiger partial charge in [-0.2, -0.15) is 13.2 Å². The number of anilines is 1. The number of non-ortho nitro benzene ring substituents is 1. The van der Waals surface area contributed by atoms with Crippen molar-refractivity contribution in [3.05, 3.63) is 33.9 Å². The summed E-state index contributed by atoms with van der Waals surface area (Å²) in [6, 6.07) is 1.92. The van der Waals surface area contributed by atoms with Crippen molar-refractivity contribution in [2.24, 2.45) is 0 Å². The summed E-state index contributed by atoms with van der Waals surface area (Å²) in [5.74, 6) is -1.67. The molecule has 1 rings (SSSR count). The van der Waals surface area contributed by atoms with E-state index in [0.717, 1.165) is 12.1 Å². The zero-order valence-corrected chi connectivity index (χ0v) is 12.1. The number of carbonyl (C=O) groups excluding carboxylic acids is 2. The van der Waals surface area contributed by atoms with Gasteiger partial charge in [0.1, 0.15) is 0 Å². The lowest BCUT2D eigenvalue weighted by atomic mass is 10.1. The number of esters is 1. The fraction of sp³-hybridized carbons (Fsp3) is 0.385. The Labute approximate surface area is 128 Å². The lowest BCUT2D eigenvalue weighted by Gasteiger charge is -2.16. The maximum atomic E-state index is 12.9. The Morgan fingerprint density at radius 1 is 1.39 bits per heavy atom. The van der Waals surface area contributed by atoms with Crippen LogP contribution in [0.4, 0.5) is 24.5 Å². The second kappa shape index (κ2) is 7.07. The molecule has 0 bridgehead atoms. The number of benzene rings is 1. The van der Waals surface area contributed by atoms with Crippen LogP contribution in [-0.2, 0) is 20.5 Å². The van der Waals surface area contributed by atoms with Crippen LogP contribution in [0, 0.1) is 10.1 Å². The van der Waals surface area contributed by atoms with Crippen molar-refractivity contribution >= 4 is 23.3 Å². The molecule has 10 heteroatoms. The monoisotopic (exact) mass is 334 g/mol. The molecule has 23 heavy (non-hydrogen) atoms. The number of ether oxygens (including phenoxy) is 1. The van der Waals surface area contributed by atoms with Crippen molar-refractivity contribution in [3.63, 3.8) is 0 Å². The van der Waals surface area contributed by atoms with Gasteiger partial charge < -0.3 is 10.1 Å². The van der Waals surface area contributed by atoms with Crippen LogP contribution in [0.3, 0.4) is 0 Å². The van der Waals surface area contributed by atoms with E-state index >= 15 is 0 Å². The van der Waals surface area contributed by atoms with Crippen LogP contribution >= 0.6 is 0 Å². The van der Waals surface area contributed by atoms with E-state index in [-0.39, 0.29) is 6.42 Å². The normalized spacial score (nSPS) is 12.4. The van der Waals surface area contributed by atoms with Crippen molar-refractivity contribution < 1.29 is 32.4 Å². The van der Waals surface area contributed by atoms with Gasteiger partial charge in [-0.15, -0.1) is 0 Å². The fourth-order valence-electron chi connectivity index (χ4n) is 1.56. The molecule has 1 aromatic carbocycles. The molecule has 0 aromatic heterocycles. The number of nitrogens with zero attached hydrogens (tertiary/aromatic N) is 1. The van der Waals surface area contributed by atoms with E-state index in [4.69, 9.17) is 0 Å². The quantitative estimate of drug-likeness (QED) is 0.507. The van der Waals surface area contributed by atoms with Crippen LogP contribution in [0.15, 0.2) is 18.2 Å². The van der Waals surface area contributed by atoms with Crippen molar-refractivity contribution in [1.29, 1.82) is 0 Å². The molecule has 7 nitrogen and oxygen atoms in total. The fourth-order valence-corrected chi connectivity index (χ4v) is 1.56. The summed E-state index contributed by atoms with van der Waals surface area (Å²) in [5.41, 5.74) is -2.79. The number of nitrogens with one attached hydrogen (secondary N) is 1. The first-order valence-electron chi connectivity index (χ1n) is 6.42. The Kier molecular flexibility index (Phi) is 5.66. The van der Waals surface area contributed by atoms with Crippen LogP contribution in [0.1, 0.15) is 25.8 Å². The van der Waals surface area contributed by atoms with Crippen LogP contribution in [0.2, 0.25) is 0 Å². The van der Waals surface area contributed by atoms with Crippen molar-refractivity contribution in [1.82, 2.24) is 0 Å². The molecule has 0 unspecified atom stereocenters. The van der Waals surface area contributed by atoms with Gasteiger partial charge in [-0.05, 0) is 13.0 Å². The molecule has 1 atom stereocenters. The molecule has 0 heterocycles. The number of rotatable bonds is 5. The summed E-state index contributed by atoms with van der Waals surface area (Å²) < 4.78 is 43.5. The van der Waals surface area contributed by atoms with E-state index in [1.54, 1.807) is 0 Å². The summed E-state index contributed by atoms with van der Waals surface area (Å²) >= 11 is 0. The minimum Gasteiger partial charge on any atom is -0.453 e. The first kappa shape index (κ1) is 18.4. The maximum Gasteiger partial charge on any atom is 0.418 e. The molecule has 126 valence electrons. The molecule has 1 aromatic rings. The minimum absolute atomic E-state index is 0.00293.